The first kappa shape index (κ1) is 13.6. The molecule has 18 heavy (non-hydrogen) atoms. The van der Waals surface area contributed by atoms with E-state index in [2.05, 4.69) is 6.92 Å². The van der Waals surface area contributed by atoms with Crippen molar-refractivity contribution in [3.63, 3.8) is 0 Å². The SMILES string of the molecule is C[C@@]12C=C(CO)[C@@H](O)C[C@H]1[C@](C)(C(=O)O)CCC2. The first-order chi connectivity index (χ1) is 8.33. The average Bonchev–Trinajstić information content (AvgIpc) is 2.30. The first-order valence-corrected chi connectivity index (χ1v) is 6.57. The summed E-state index contributed by atoms with van der Waals surface area (Å²) in [6.45, 7) is 3.70. The number of hydrogen-bond donors (Lipinski definition) is 3. The van der Waals surface area contributed by atoms with Gasteiger partial charge in [0, 0.05) is 0 Å². The van der Waals surface area contributed by atoms with Crippen molar-refractivity contribution < 1.29 is 20.1 Å². The Hall–Kier alpha value is -0.870. The summed E-state index contributed by atoms with van der Waals surface area (Å²) in [6.07, 6.45) is 4.12. The van der Waals surface area contributed by atoms with Gasteiger partial charge in [-0.2, -0.15) is 0 Å². The molecule has 0 unspecified atom stereocenters. The quantitative estimate of drug-likeness (QED) is 0.654. The summed E-state index contributed by atoms with van der Waals surface area (Å²) >= 11 is 0. The maximum absolute atomic E-state index is 11.6. The molecule has 2 aliphatic carbocycles. The van der Waals surface area contributed by atoms with E-state index in [4.69, 9.17) is 0 Å². The molecule has 2 rings (SSSR count). The fraction of sp³-hybridized carbons (Fsp3) is 0.786. The highest BCUT2D eigenvalue weighted by Gasteiger charge is 2.54. The third kappa shape index (κ3) is 1.88. The van der Waals surface area contributed by atoms with E-state index < -0.39 is 17.5 Å². The van der Waals surface area contributed by atoms with Crippen LogP contribution < -0.4 is 0 Å². The minimum absolute atomic E-state index is 0.0680. The molecule has 0 bridgehead atoms. The van der Waals surface area contributed by atoms with Crippen LogP contribution in [0.1, 0.15) is 39.5 Å². The van der Waals surface area contributed by atoms with Gasteiger partial charge in [0.1, 0.15) is 0 Å². The van der Waals surface area contributed by atoms with Crippen molar-refractivity contribution in [3.05, 3.63) is 11.6 Å². The van der Waals surface area contributed by atoms with E-state index in [1.54, 1.807) is 6.92 Å². The summed E-state index contributed by atoms with van der Waals surface area (Å²) in [5.41, 5.74) is -0.350. The van der Waals surface area contributed by atoms with Crippen molar-refractivity contribution in [1.82, 2.24) is 0 Å². The third-order valence-electron chi connectivity index (χ3n) is 5.05. The minimum Gasteiger partial charge on any atom is -0.481 e. The zero-order valence-electron chi connectivity index (χ0n) is 11.0. The van der Waals surface area contributed by atoms with E-state index in [0.29, 0.717) is 18.4 Å². The second-order valence-corrected chi connectivity index (χ2v) is 6.26. The molecule has 3 N–H and O–H groups in total. The highest BCUT2D eigenvalue weighted by atomic mass is 16.4. The molecule has 0 heterocycles. The topological polar surface area (TPSA) is 77.8 Å². The predicted octanol–water partition coefficient (Wildman–Crippen LogP) is 1.57. The van der Waals surface area contributed by atoms with Crippen LogP contribution >= 0.6 is 0 Å². The predicted molar refractivity (Wildman–Crippen MR) is 67.0 cm³/mol. The number of carbonyl (C=O) groups is 1. The van der Waals surface area contributed by atoms with Crippen LogP contribution in [0.4, 0.5) is 0 Å². The van der Waals surface area contributed by atoms with Crippen molar-refractivity contribution in [2.45, 2.75) is 45.6 Å². The minimum atomic E-state index is -0.772. The molecule has 0 aromatic rings. The van der Waals surface area contributed by atoms with Gasteiger partial charge in [-0.05, 0) is 43.1 Å². The number of hydrogen-bond acceptors (Lipinski definition) is 3. The van der Waals surface area contributed by atoms with Crippen LogP contribution in [0.25, 0.3) is 0 Å². The molecule has 0 radical (unpaired) electrons. The molecule has 0 amide bonds. The maximum Gasteiger partial charge on any atom is 0.309 e. The molecule has 0 spiro atoms. The van der Waals surface area contributed by atoms with Gasteiger partial charge in [0.05, 0.1) is 18.1 Å². The van der Waals surface area contributed by atoms with Crippen LogP contribution in [-0.4, -0.2) is 34.0 Å². The van der Waals surface area contributed by atoms with E-state index >= 15 is 0 Å². The van der Waals surface area contributed by atoms with E-state index in [1.807, 2.05) is 6.08 Å². The third-order valence-corrected chi connectivity index (χ3v) is 5.05. The normalized spacial score (nSPS) is 44.1. The monoisotopic (exact) mass is 254 g/mol. The van der Waals surface area contributed by atoms with Gasteiger partial charge >= 0.3 is 5.97 Å². The Labute approximate surface area is 107 Å². The van der Waals surface area contributed by atoms with Crippen molar-refractivity contribution in [3.8, 4) is 0 Å². The molecule has 102 valence electrons. The van der Waals surface area contributed by atoms with Crippen LogP contribution in [0, 0.1) is 16.7 Å². The maximum atomic E-state index is 11.6. The Kier molecular flexibility index (Phi) is 3.28. The van der Waals surface area contributed by atoms with Gasteiger partial charge in [0.15, 0.2) is 0 Å². The molecule has 0 saturated heterocycles. The van der Waals surface area contributed by atoms with Crippen molar-refractivity contribution in [2.75, 3.05) is 6.61 Å². The number of allylic oxidation sites excluding steroid dienone is 1. The lowest BCUT2D eigenvalue weighted by atomic mass is 9.52. The average molecular weight is 254 g/mol. The largest absolute Gasteiger partial charge is 0.481 e. The van der Waals surface area contributed by atoms with Crippen molar-refractivity contribution in [2.24, 2.45) is 16.7 Å². The molecule has 1 fully saturated rings. The number of carboxylic acid groups (broad SMARTS) is 1. The van der Waals surface area contributed by atoms with Gasteiger partial charge in [-0.1, -0.05) is 19.4 Å². The second kappa shape index (κ2) is 4.35. The first-order valence-electron chi connectivity index (χ1n) is 6.57. The summed E-state index contributed by atoms with van der Waals surface area (Å²) in [7, 11) is 0. The fourth-order valence-electron chi connectivity index (χ4n) is 3.92. The van der Waals surface area contributed by atoms with Crippen LogP contribution in [0.3, 0.4) is 0 Å². The van der Waals surface area contributed by atoms with E-state index in [-0.39, 0.29) is 17.9 Å². The van der Waals surface area contributed by atoms with Crippen molar-refractivity contribution >= 4 is 5.97 Å². The lowest BCUT2D eigenvalue weighted by molar-refractivity contribution is -0.160. The Bertz CT molecular complexity index is 389. The summed E-state index contributed by atoms with van der Waals surface area (Å²) in [5.74, 6) is -0.840. The van der Waals surface area contributed by atoms with Crippen LogP contribution in [0.5, 0.6) is 0 Å². The smallest absolute Gasteiger partial charge is 0.309 e. The van der Waals surface area contributed by atoms with Crippen molar-refractivity contribution in [1.29, 1.82) is 0 Å². The number of aliphatic carboxylic acids is 1. The molecule has 0 aromatic heterocycles. The van der Waals surface area contributed by atoms with E-state index in [0.717, 1.165) is 12.8 Å². The van der Waals surface area contributed by atoms with Crippen LogP contribution in [0.15, 0.2) is 11.6 Å². The van der Waals surface area contributed by atoms with Gasteiger partial charge in [0.25, 0.3) is 0 Å². The standard InChI is InChI=1S/C14H22O4/c1-13-4-3-5-14(2,12(17)18)11(13)6-10(16)9(7-13)8-15/h7,10-11,15-16H,3-6,8H2,1-2H3,(H,17,18)/t10-,11+,13+,14+/m0/s1. The van der Waals surface area contributed by atoms with Crippen LogP contribution in [-0.2, 0) is 4.79 Å². The summed E-state index contributed by atoms with van der Waals surface area (Å²) in [6, 6.07) is 0. The molecular formula is C14H22O4. The van der Waals surface area contributed by atoms with Gasteiger partial charge in [0.2, 0.25) is 0 Å². The lowest BCUT2D eigenvalue weighted by Gasteiger charge is -2.52. The summed E-state index contributed by atoms with van der Waals surface area (Å²) in [5, 5.41) is 28.8. The highest BCUT2D eigenvalue weighted by Crippen LogP contribution is 2.56. The molecular weight excluding hydrogens is 232 g/mol. The number of fused-ring (bicyclic) bond motifs is 1. The van der Waals surface area contributed by atoms with Crippen LogP contribution in [0.2, 0.25) is 0 Å². The summed E-state index contributed by atoms with van der Waals surface area (Å²) in [4.78, 5) is 11.6. The van der Waals surface area contributed by atoms with Gasteiger partial charge in [-0.3, -0.25) is 4.79 Å². The Morgan fingerprint density at radius 2 is 2.11 bits per heavy atom. The Morgan fingerprint density at radius 3 is 2.67 bits per heavy atom. The zero-order chi connectivity index (χ0) is 13.6. The molecule has 4 nitrogen and oxygen atoms in total. The molecule has 4 heteroatoms. The molecule has 2 aliphatic rings. The number of rotatable bonds is 2. The molecule has 1 saturated carbocycles. The van der Waals surface area contributed by atoms with Gasteiger partial charge in [-0.15, -0.1) is 0 Å². The Morgan fingerprint density at radius 1 is 1.44 bits per heavy atom. The Balaban J connectivity index is 2.42. The van der Waals surface area contributed by atoms with Gasteiger partial charge < -0.3 is 15.3 Å². The number of carboxylic acids is 1. The number of aliphatic hydroxyl groups is 2. The molecule has 0 aliphatic heterocycles. The highest BCUT2D eigenvalue weighted by molar-refractivity contribution is 5.75. The van der Waals surface area contributed by atoms with E-state index in [9.17, 15) is 20.1 Å². The molecule has 0 aromatic carbocycles. The second-order valence-electron chi connectivity index (χ2n) is 6.26. The zero-order valence-corrected chi connectivity index (χ0v) is 11.0. The molecule has 4 atom stereocenters. The van der Waals surface area contributed by atoms with Gasteiger partial charge in [-0.25, -0.2) is 0 Å². The lowest BCUT2D eigenvalue weighted by Crippen LogP contribution is -2.51. The van der Waals surface area contributed by atoms with E-state index in [1.165, 1.54) is 0 Å². The summed E-state index contributed by atoms with van der Waals surface area (Å²) < 4.78 is 0. The fourth-order valence-corrected chi connectivity index (χ4v) is 3.92. The number of aliphatic hydroxyl groups excluding tert-OH is 2.